The molecule has 1 saturated carbocycles. The van der Waals surface area contributed by atoms with Gasteiger partial charge in [-0.1, -0.05) is 24.8 Å². The average Bonchev–Trinajstić information content (AvgIpc) is 3.28. The summed E-state index contributed by atoms with van der Waals surface area (Å²) in [7, 11) is 0. The molecule has 106 valence electrons. The Balaban J connectivity index is 2.05. The van der Waals surface area contributed by atoms with Gasteiger partial charge in [-0.05, 0) is 49.3 Å². The summed E-state index contributed by atoms with van der Waals surface area (Å²) in [5.74, 6) is 7.20. The molecule has 0 saturated heterocycles. The molecule has 1 aromatic carbocycles. The first-order chi connectivity index (χ1) is 9.63. The Morgan fingerprint density at radius 1 is 1.50 bits per heavy atom. The molecule has 3 N–H and O–H groups in total. The van der Waals surface area contributed by atoms with Gasteiger partial charge in [0, 0.05) is 17.7 Å². The Morgan fingerprint density at radius 2 is 2.25 bits per heavy atom. The van der Waals surface area contributed by atoms with Crippen LogP contribution in [0, 0.1) is 30.6 Å². The van der Waals surface area contributed by atoms with Crippen molar-refractivity contribution in [3.63, 3.8) is 0 Å². The molecule has 1 aliphatic carbocycles. The fourth-order valence-corrected chi connectivity index (χ4v) is 2.34. The number of benzene rings is 1. The summed E-state index contributed by atoms with van der Waals surface area (Å²) in [4.78, 5) is 12.3. The number of carbonyl (C=O) groups excluding carboxylic acids is 1. The smallest absolute Gasteiger partial charge is 0.251 e. The zero-order chi connectivity index (χ0) is 14.5. The van der Waals surface area contributed by atoms with Gasteiger partial charge in [-0.3, -0.25) is 4.79 Å². The monoisotopic (exact) mass is 270 g/mol. The summed E-state index contributed by atoms with van der Waals surface area (Å²) >= 11 is 0. The Morgan fingerprint density at radius 3 is 2.90 bits per heavy atom. The molecule has 0 radical (unpaired) electrons. The molecule has 1 fully saturated rings. The van der Waals surface area contributed by atoms with E-state index in [0.717, 1.165) is 23.6 Å². The summed E-state index contributed by atoms with van der Waals surface area (Å²) in [5.41, 5.74) is 7.89. The van der Waals surface area contributed by atoms with Crippen LogP contribution in [-0.4, -0.2) is 19.0 Å². The van der Waals surface area contributed by atoms with E-state index in [0.29, 0.717) is 18.0 Å². The molecule has 0 heterocycles. The average molecular weight is 270 g/mol. The highest BCUT2D eigenvalue weighted by molar-refractivity contribution is 5.96. The molecule has 0 spiro atoms. The van der Waals surface area contributed by atoms with Crippen molar-refractivity contribution in [1.29, 1.82) is 0 Å². The summed E-state index contributed by atoms with van der Waals surface area (Å²) in [5, 5.41) is 3.03. The number of amides is 1. The van der Waals surface area contributed by atoms with Crippen LogP contribution >= 0.6 is 0 Å². The molecule has 0 aromatic heterocycles. The molecule has 1 aromatic rings. The van der Waals surface area contributed by atoms with Gasteiger partial charge in [-0.15, -0.1) is 0 Å². The van der Waals surface area contributed by atoms with Crippen molar-refractivity contribution < 1.29 is 4.79 Å². The predicted octanol–water partition coefficient (Wildman–Crippen LogP) is 2.08. The highest BCUT2D eigenvalue weighted by atomic mass is 16.1. The predicted molar refractivity (Wildman–Crippen MR) is 81.3 cm³/mol. The summed E-state index contributed by atoms with van der Waals surface area (Å²) in [6.07, 6.45) is 2.61. The van der Waals surface area contributed by atoms with Gasteiger partial charge in [0.15, 0.2) is 0 Å². The molecule has 1 atom stereocenters. The second-order valence-electron chi connectivity index (χ2n) is 5.51. The lowest BCUT2D eigenvalue weighted by atomic mass is 10.0. The summed E-state index contributed by atoms with van der Waals surface area (Å²) in [6, 6.07) is 5.63. The standard InChI is InChI=1S/C17H22N2O/c1-12(14-8-9-14)11-19-17(20)16-7-3-5-15(13(16)2)6-4-10-18/h3,5,7,12,14H,8-11,18H2,1-2H3,(H,19,20). The Hall–Kier alpha value is -1.79. The molecule has 1 amide bonds. The van der Waals surface area contributed by atoms with Crippen LogP contribution in [0.1, 0.15) is 41.3 Å². The number of rotatable bonds is 4. The second kappa shape index (κ2) is 6.58. The highest BCUT2D eigenvalue weighted by Gasteiger charge is 2.28. The van der Waals surface area contributed by atoms with E-state index in [1.165, 1.54) is 12.8 Å². The molecule has 1 aliphatic rings. The Labute approximate surface area is 120 Å². The van der Waals surface area contributed by atoms with Crippen molar-refractivity contribution in [2.75, 3.05) is 13.1 Å². The minimum Gasteiger partial charge on any atom is -0.352 e. The van der Waals surface area contributed by atoms with Crippen LogP contribution in [0.4, 0.5) is 0 Å². The minimum absolute atomic E-state index is 0.00796. The van der Waals surface area contributed by atoms with E-state index < -0.39 is 0 Å². The molecular formula is C17H22N2O. The van der Waals surface area contributed by atoms with Crippen LogP contribution in [0.15, 0.2) is 18.2 Å². The number of nitrogens with one attached hydrogen (secondary N) is 1. The van der Waals surface area contributed by atoms with Gasteiger partial charge in [0.05, 0.1) is 6.54 Å². The van der Waals surface area contributed by atoms with Gasteiger partial charge < -0.3 is 11.1 Å². The van der Waals surface area contributed by atoms with Gasteiger partial charge >= 0.3 is 0 Å². The molecular weight excluding hydrogens is 248 g/mol. The van der Waals surface area contributed by atoms with E-state index in [1.54, 1.807) is 0 Å². The molecule has 0 aliphatic heterocycles. The maximum Gasteiger partial charge on any atom is 0.251 e. The largest absolute Gasteiger partial charge is 0.352 e. The second-order valence-corrected chi connectivity index (χ2v) is 5.51. The number of carbonyl (C=O) groups is 1. The third-order valence-corrected chi connectivity index (χ3v) is 3.91. The van der Waals surface area contributed by atoms with E-state index in [1.807, 2.05) is 25.1 Å². The van der Waals surface area contributed by atoms with Crippen LogP contribution in [0.2, 0.25) is 0 Å². The lowest BCUT2D eigenvalue weighted by Crippen LogP contribution is -2.29. The molecule has 2 rings (SSSR count). The molecule has 3 nitrogen and oxygen atoms in total. The van der Waals surface area contributed by atoms with E-state index in [-0.39, 0.29) is 5.91 Å². The van der Waals surface area contributed by atoms with Gasteiger partial charge in [0.25, 0.3) is 5.91 Å². The topological polar surface area (TPSA) is 55.1 Å². The molecule has 3 heteroatoms. The minimum atomic E-state index is -0.00796. The molecule has 20 heavy (non-hydrogen) atoms. The fraction of sp³-hybridized carbons (Fsp3) is 0.471. The van der Waals surface area contributed by atoms with Crippen molar-refractivity contribution in [3.05, 3.63) is 34.9 Å². The first-order valence-corrected chi connectivity index (χ1v) is 7.20. The van der Waals surface area contributed by atoms with E-state index in [2.05, 4.69) is 24.1 Å². The number of hydrogen-bond donors (Lipinski definition) is 2. The maximum atomic E-state index is 12.3. The van der Waals surface area contributed by atoms with E-state index >= 15 is 0 Å². The Bertz CT molecular complexity index is 550. The normalized spacial score (nSPS) is 15.2. The first kappa shape index (κ1) is 14.6. The van der Waals surface area contributed by atoms with Crippen molar-refractivity contribution in [3.8, 4) is 11.8 Å². The van der Waals surface area contributed by atoms with Crippen LogP contribution in [0.5, 0.6) is 0 Å². The van der Waals surface area contributed by atoms with Crippen LogP contribution in [-0.2, 0) is 0 Å². The fourth-order valence-electron chi connectivity index (χ4n) is 2.34. The Kier molecular flexibility index (Phi) is 4.81. The SMILES string of the molecule is Cc1c(C#CCN)cccc1C(=O)NCC(C)C1CC1. The summed E-state index contributed by atoms with van der Waals surface area (Å²) < 4.78 is 0. The zero-order valence-electron chi connectivity index (χ0n) is 12.2. The maximum absolute atomic E-state index is 12.3. The lowest BCUT2D eigenvalue weighted by molar-refractivity contribution is 0.0946. The van der Waals surface area contributed by atoms with Crippen molar-refractivity contribution in [1.82, 2.24) is 5.32 Å². The van der Waals surface area contributed by atoms with E-state index in [9.17, 15) is 4.79 Å². The van der Waals surface area contributed by atoms with Crippen LogP contribution in [0.25, 0.3) is 0 Å². The van der Waals surface area contributed by atoms with Crippen LogP contribution < -0.4 is 11.1 Å². The van der Waals surface area contributed by atoms with Gasteiger partial charge in [0.2, 0.25) is 0 Å². The zero-order valence-corrected chi connectivity index (χ0v) is 12.2. The molecule has 0 bridgehead atoms. The first-order valence-electron chi connectivity index (χ1n) is 7.20. The third kappa shape index (κ3) is 3.61. The van der Waals surface area contributed by atoms with Crippen molar-refractivity contribution >= 4 is 5.91 Å². The van der Waals surface area contributed by atoms with Gasteiger partial charge in [-0.25, -0.2) is 0 Å². The quantitative estimate of drug-likeness (QED) is 0.823. The lowest BCUT2D eigenvalue weighted by Gasteiger charge is -2.13. The van der Waals surface area contributed by atoms with Crippen LogP contribution in [0.3, 0.4) is 0 Å². The van der Waals surface area contributed by atoms with Crippen molar-refractivity contribution in [2.45, 2.75) is 26.7 Å². The van der Waals surface area contributed by atoms with Gasteiger partial charge in [-0.2, -0.15) is 0 Å². The number of hydrogen-bond acceptors (Lipinski definition) is 2. The van der Waals surface area contributed by atoms with E-state index in [4.69, 9.17) is 5.73 Å². The van der Waals surface area contributed by atoms with Crippen molar-refractivity contribution in [2.24, 2.45) is 17.6 Å². The third-order valence-electron chi connectivity index (χ3n) is 3.91. The van der Waals surface area contributed by atoms with Gasteiger partial charge in [0.1, 0.15) is 0 Å². The summed E-state index contributed by atoms with van der Waals surface area (Å²) in [6.45, 7) is 5.21. The number of nitrogens with two attached hydrogens (primary N) is 1. The molecule has 1 unspecified atom stereocenters. The highest BCUT2D eigenvalue weighted by Crippen LogP contribution is 2.36.